The molecule has 1 aromatic carbocycles. The molecule has 0 aliphatic rings. The predicted octanol–water partition coefficient (Wildman–Crippen LogP) is 1.97. The molecule has 2 aromatic rings. The molecule has 68 valence electrons. The second kappa shape index (κ2) is 4.01. The Balaban J connectivity index is 0.000000845. The summed E-state index contributed by atoms with van der Waals surface area (Å²) in [6.07, 6.45) is 2.11. The third-order valence-corrected chi connectivity index (χ3v) is 2.13. The number of nitrogens with zero attached hydrogens (tertiary/aromatic N) is 1. The van der Waals surface area contributed by atoms with Crippen LogP contribution in [0.15, 0.2) is 42.6 Å². The van der Waals surface area contributed by atoms with Gasteiger partial charge >= 0.3 is 0 Å². The lowest BCUT2D eigenvalue weighted by molar-refractivity contribution is -0.667. The minimum atomic E-state index is 0. The average Bonchev–Trinajstić information content (AvgIpc) is 2.17. The van der Waals surface area contributed by atoms with Crippen LogP contribution in [-0.4, -0.2) is 5.48 Å². The fourth-order valence-corrected chi connectivity index (χ4v) is 1.50. The quantitative estimate of drug-likeness (QED) is 0.610. The molecule has 0 fully saturated rings. The number of hydrogen-bond acceptors (Lipinski definition) is 1. The van der Waals surface area contributed by atoms with E-state index in [-0.39, 0.29) is 5.48 Å². The van der Waals surface area contributed by atoms with E-state index in [0.29, 0.717) is 0 Å². The summed E-state index contributed by atoms with van der Waals surface area (Å²) in [5.74, 6) is 0. The van der Waals surface area contributed by atoms with Gasteiger partial charge in [0, 0.05) is 17.5 Å². The van der Waals surface area contributed by atoms with Crippen molar-refractivity contribution in [2.45, 2.75) is 13.5 Å². The van der Waals surface area contributed by atoms with Crippen molar-refractivity contribution in [3.8, 4) is 0 Å². The van der Waals surface area contributed by atoms with E-state index in [2.05, 4.69) is 54.1 Å². The van der Waals surface area contributed by atoms with Crippen molar-refractivity contribution in [3.05, 3.63) is 42.6 Å². The number of aromatic nitrogens is 1. The zero-order valence-electron chi connectivity index (χ0n) is 7.64. The molecule has 0 saturated heterocycles. The molecule has 13 heavy (non-hydrogen) atoms. The fraction of sp³-hybridized carbons (Fsp3) is 0.182. The maximum Gasteiger partial charge on any atom is 0.212 e. The first kappa shape index (κ1) is 9.68. The highest BCUT2D eigenvalue weighted by molar-refractivity contribution is 5.74. The van der Waals surface area contributed by atoms with Gasteiger partial charge in [0.2, 0.25) is 5.52 Å². The van der Waals surface area contributed by atoms with Crippen molar-refractivity contribution in [2.75, 3.05) is 0 Å². The Morgan fingerprint density at radius 2 is 1.77 bits per heavy atom. The molecule has 2 rings (SSSR count). The van der Waals surface area contributed by atoms with E-state index in [0.717, 1.165) is 6.54 Å². The van der Waals surface area contributed by atoms with E-state index in [1.807, 2.05) is 0 Å². The van der Waals surface area contributed by atoms with Gasteiger partial charge < -0.3 is 5.48 Å². The van der Waals surface area contributed by atoms with Gasteiger partial charge in [-0.25, -0.2) is 0 Å². The Bertz CT molecular complexity index is 393. The molecule has 0 atom stereocenters. The second-order valence-corrected chi connectivity index (χ2v) is 2.85. The summed E-state index contributed by atoms with van der Waals surface area (Å²) in [7, 11) is 0. The molecular formula is C11H13NO. The van der Waals surface area contributed by atoms with Gasteiger partial charge in [0.15, 0.2) is 6.20 Å². The topological polar surface area (TPSA) is 33.9 Å². The number of aryl methyl sites for hydroxylation is 1. The molecule has 0 spiro atoms. The average molecular weight is 175 g/mol. The molecule has 0 bridgehead atoms. The van der Waals surface area contributed by atoms with Crippen LogP contribution in [0.25, 0.3) is 10.9 Å². The lowest BCUT2D eigenvalue weighted by atomic mass is 10.2. The summed E-state index contributed by atoms with van der Waals surface area (Å²) in [5, 5.41) is 1.31. The summed E-state index contributed by atoms with van der Waals surface area (Å²) >= 11 is 0. The highest BCUT2D eigenvalue weighted by Gasteiger charge is 2.02. The van der Waals surface area contributed by atoms with Gasteiger partial charge in [0.25, 0.3) is 0 Å². The molecule has 1 aromatic heterocycles. The maximum absolute atomic E-state index is 2.25. The first-order valence-electron chi connectivity index (χ1n) is 4.29. The van der Waals surface area contributed by atoms with E-state index < -0.39 is 0 Å². The van der Waals surface area contributed by atoms with Crippen LogP contribution in [0.2, 0.25) is 0 Å². The molecule has 2 heteroatoms. The van der Waals surface area contributed by atoms with Crippen LogP contribution in [0, 0.1) is 0 Å². The summed E-state index contributed by atoms with van der Waals surface area (Å²) in [4.78, 5) is 0. The third kappa shape index (κ3) is 1.68. The number of rotatable bonds is 1. The molecule has 1 heterocycles. The van der Waals surface area contributed by atoms with Crippen molar-refractivity contribution in [3.63, 3.8) is 0 Å². The van der Waals surface area contributed by atoms with Crippen molar-refractivity contribution in [1.29, 1.82) is 0 Å². The van der Waals surface area contributed by atoms with Gasteiger partial charge in [-0.3, -0.25) is 0 Å². The lowest BCUT2D eigenvalue weighted by Gasteiger charge is -1.96. The SMILES string of the molecule is CC[n+]1cccc2ccccc21.[OH-]. The Morgan fingerprint density at radius 3 is 2.54 bits per heavy atom. The van der Waals surface area contributed by atoms with Gasteiger partial charge in [-0.1, -0.05) is 12.1 Å². The summed E-state index contributed by atoms with van der Waals surface area (Å²) in [5.41, 5.74) is 1.31. The first-order valence-corrected chi connectivity index (χ1v) is 4.29. The number of hydrogen-bond donors (Lipinski definition) is 0. The van der Waals surface area contributed by atoms with Crippen LogP contribution < -0.4 is 4.57 Å². The van der Waals surface area contributed by atoms with Crippen LogP contribution in [0.1, 0.15) is 6.92 Å². The van der Waals surface area contributed by atoms with Crippen molar-refractivity contribution in [2.24, 2.45) is 0 Å². The lowest BCUT2D eigenvalue weighted by Crippen LogP contribution is -2.32. The largest absolute Gasteiger partial charge is 0.870 e. The van der Waals surface area contributed by atoms with Gasteiger partial charge in [-0.2, -0.15) is 4.57 Å². The Kier molecular flexibility index (Phi) is 2.98. The van der Waals surface area contributed by atoms with Crippen molar-refractivity contribution in [1.82, 2.24) is 0 Å². The number of para-hydroxylation sites is 1. The van der Waals surface area contributed by atoms with Crippen LogP contribution in [0.4, 0.5) is 0 Å². The zero-order valence-corrected chi connectivity index (χ0v) is 7.64. The molecule has 0 saturated carbocycles. The highest BCUT2D eigenvalue weighted by Crippen LogP contribution is 2.07. The third-order valence-electron chi connectivity index (χ3n) is 2.13. The van der Waals surface area contributed by atoms with Crippen molar-refractivity contribution >= 4 is 10.9 Å². The summed E-state index contributed by atoms with van der Waals surface area (Å²) in [6.45, 7) is 3.19. The Hall–Kier alpha value is -1.41. The molecule has 0 amide bonds. The van der Waals surface area contributed by atoms with E-state index in [4.69, 9.17) is 0 Å². The van der Waals surface area contributed by atoms with Crippen LogP contribution in [0.5, 0.6) is 0 Å². The van der Waals surface area contributed by atoms with Gasteiger partial charge in [-0.05, 0) is 19.1 Å². The number of benzene rings is 1. The minimum absolute atomic E-state index is 0. The van der Waals surface area contributed by atoms with Gasteiger partial charge in [0.1, 0.15) is 6.54 Å². The molecule has 0 radical (unpaired) electrons. The molecule has 0 aliphatic carbocycles. The number of pyridine rings is 1. The van der Waals surface area contributed by atoms with Crippen LogP contribution in [0.3, 0.4) is 0 Å². The fourth-order valence-electron chi connectivity index (χ4n) is 1.50. The molecule has 2 nitrogen and oxygen atoms in total. The van der Waals surface area contributed by atoms with E-state index in [1.165, 1.54) is 10.9 Å². The predicted molar refractivity (Wildman–Crippen MR) is 51.8 cm³/mol. The number of fused-ring (bicyclic) bond motifs is 1. The van der Waals surface area contributed by atoms with E-state index in [1.54, 1.807) is 0 Å². The smallest absolute Gasteiger partial charge is 0.212 e. The van der Waals surface area contributed by atoms with Crippen LogP contribution >= 0.6 is 0 Å². The van der Waals surface area contributed by atoms with E-state index >= 15 is 0 Å². The van der Waals surface area contributed by atoms with E-state index in [9.17, 15) is 0 Å². The second-order valence-electron chi connectivity index (χ2n) is 2.85. The summed E-state index contributed by atoms with van der Waals surface area (Å²) < 4.78 is 2.25. The van der Waals surface area contributed by atoms with Gasteiger partial charge in [-0.15, -0.1) is 0 Å². The zero-order chi connectivity index (χ0) is 8.39. The van der Waals surface area contributed by atoms with Gasteiger partial charge in [0.05, 0.1) is 0 Å². The van der Waals surface area contributed by atoms with Crippen LogP contribution in [-0.2, 0) is 6.54 Å². The Morgan fingerprint density at radius 1 is 1.08 bits per heavy atom. The highest BCUT2D eigenvalue weighted by atomic mass is 16.0. The molecular weight excluding hydrogens is 162 g/mol. The summed E-state index contributed by atoms with van der Waals surface area (Å²) in [6, 6.07) is 12.7. The Labute approximate surface area is 77.8 Å². The molecule has 0 aliphatic heterocycles. The molecule has 1 N–H and O–H groups in total. The maximum atomic E-state index is 2.25. The molecule has 0 unspecified atom stereocenters. The monoisotopic (exact) mass is 175 g/mol. The van der Waals surface area contributed by atoms with Crippen molar-refractivity contribution < 1.29 is 10.0 Å². The minimum Gasteiger partial charge on any atom is -0.870 e. The first-order chi connectivity index (χ1) is 5.92. The normalized spacial score (nSPS) is 9.62. The standard InChI is InChI=1S/C11H12N.H2O/c1-2-12-9-5-7-10-6-3-4-8-11(10)12;/h3-9H,2H2,1H3;1H2/q+1;/p-1.